The molecular weight excluding hydrogens is 301 g/mol. The van der Waals surface area contributed by atoms with E-state index in [1.165, 1.54) is 0 Å². The molecule has 1 N–H and O–H groups in total. The summed E-state index contributed by atoms with van der Waals surface area (Å²) in [7, 11) is 0. The van der Waals surface area contributed by atoms with E-state index in [-0.39, 0.29) is 11.7 Å². The van der Waals surface area contributed by atoms with E-state index in [0.29, 0.717) is 34.7 Å². The molecule has 0 radical (unpaired) electrons. The average molecular weight is 316 g/mol. The van der Waals surface area contributed by atoms with Crippen molar-refractivity contribution in [2.45, 2.75) is 18.8 Å². The average Bonchev–Trinajstić information content (AvgIpc) is 2.41. The molecule has 1 saturated heterocycles. The lowest BCUT2D eigenvalue weighted by atomic mass is 9.90. The Bertz CT molecular complexity index is 461. The summed E-state index contributed by atoms with van der Waals surface area (Å²) in [5.41, 5.74) is 0.659. The number of benzene rings is 1. The van der Waals surface area contributed by atoms with Gasteiger partial charge in [0, 0.05) is 24.1 Å². The monoisotopic (exact) mass is 315 g/mol. The zero-order valence-electron chi connectivity index (χ0n) is 9.97. The Balaban J connectivity index is 2.07. The fraction of sp³-hybridized carbons (Fsp3) is 0.538. The molecule has 2 heterocycles. The minimum absolute atomic E-state index is 0.159. The summed E-state index contributed by atoms with van der Waals surface area (Å²) in [6.07, 6.45) is 2.04. The highest BCUT2D eigenvalue weighted by Gasteiger charge is 2.29. The molecule has 98 valence electrons. The first-order chi connectivity index (χ1) is 8.77. The second kappa shape index (κ2) is 5.05. The maximum Gasteiger partial charge on any atom is 0.167 e. The van der Waals surface area contributed by atoms with E-state index in [4.69, 9.17) is 9.47 Å². The van der Waals surface area contributed by atoms with Crippen LogP contribution < -0.4 is 14.8 Å². The first-order valence-corrected chi connectivity index (χ1v) is 7.05. The third-order valence-corrected chi connectivity index (χ3v) is 4.04. The van der Waals surface area contributed by atoms with Crippen LogP contribution in [0.5, 0.6) is 11.5 Å². The van der Waals surface area contributed by atoms with Crippen molar-refractivity contribution in [1.82, 2.24) is 5.32 Å². The van der Waals surface area contributed by atoms with E-state index in [2.05, 4.69) is 21.2 Å². The SMILES string of the molecule is Fc1c(Br)cc2c(c1C1CCCNC1)OCCO2. The standard InChI is InChI=1S/C13H15BrFNO2/c14-9-6-10-13(18-5-4-17-10)11(12(9)15)8-2-1-3-16-7-8/h6,8,16H,1-5,7H2. The van der Waals surface area contributed by atoms with Crippen LogP contribution in [-0.2, 0) is 0 Å². The van der Waals surface area contributed by atoms with Crippen LogP contribution in [0.4, 0.5) is 4.39 Å². The molecule has 3 rings (SSSR count). The summed E-state index contributed by atoms with van der Waals surface area (Å²) in [6.45, 7) is 2.81. The van der Waals surface area contributed by atoms with E-state index in [1.54, 1.807) is 6.07 Å². The predicted molar refractivity (Wildman–Crippen MR) is 69.9 cm³/mol. The maximum atomic E-state index is 14.4. The third kappa shape index (κ3) is 2.10. The number of nitrogens with one attached hydrogen (secondary N) is 1. The van der Waals surface area contributed by atoms with E-state index in [1.807, 2.05) is 0 Å². The molecule has 0 aliphatic carbocycles. The van der Waals surface area contributed by atoms with Gasteiger partial charge in [-0.3, -0.25) is 0 Å². The zero-order chi connectivity index (χ0) is 12.5. The lowest BCUT2D eigenvalue weighted by Gasteiger charge is -2.28. The Morgan fingerprint density at radius 1 is 1.33 bits per heavy atom. The van der Waals surface area contributed by atoms with Crippen molar-refractivity contribution < 1.29 is 13.9 Å². The van der Waals surface area contributed by atoms with Crippen LogP contribution in [0.25, 0.3) is 0 Å². The molecule has 0 saturated carbocycles. The molecule has 0 spiro atoms. The molecule has 1 unspecified atom stereocenters. The number of hydrogen-bond donors (Lipinski definition) is 1. The fourth-order valence-electron chi connectivity index (χ4n) is 2.62. The molecule has 2 aliphatic rings. The van der Waals surface area contributed by atoms with Gasteiger partial charge in [-0.1, -0.05) is 0 Å². The van der Waals surface area contributed by atoms with Crippen LogP contribution in [0.2, 0.25) is 0 Å². The van der Waals surface area contributed by atoms with Crippen molar-refractivity contribution in [2.75, 3.05) is 26.3 Å². The smallest absolute Gasteiger partial charge is 0.167 e. The summed E-state index contributed by atoms with van der Waals surface area (Å²) >= 11 is 3.26. The number of ether oxygens (including phenoxy) is 2. The van der Waals surface area contributed by atoms with Gasteiger partial charge in [-0.15, -0.1) is 0 Å². The summed E-state index contributed by atoms with van der Waals surface area (Å²) in [6, 6.07) is 1.66. The van der Waals surface area contributed by atoms with Crippen LogP contribution in [0, 0.1) is 5.82 Å². The highest BCUT2D eigenvalue weighted by atomic mass is 79.9. The molecule has 5 heteroatoms. The Hall–Kier alpha value is -0.810. The molecular formula is C13H15BrFNO2. The summed E-state index contributed by atoms with van der Waals surface area (Å²) in [5, 5.41) is 3.31. The first kappa shape index (κ1) is 12.2. The molecule has 1 aromatic rings. The van der Waals surface area contributed by atoms with Gasteiger partial charge in [-0.25, -0.2) is 4.39 Å². The van der Waals surface area contributed by atoms with Gasteiger partial charge in [0.05, 0.1) is 4.47 Å². The largest absolute Gasteiger partial charge is 0.486 e. The molecule has 1 atom stereocenters. The molecule has 2 aliphatic heterocycles. The lowest BCUT2D eigenvalue weighted by molar-refractivity contribution is 0.167. The second-order valence-corrected chi connectivity index (χ2v) is 5.51. The number of rotatable bonds is 1. The highest BCUT2D eigenvalue weighted by Crippen LogP contribution is 2.44. The molecule has 1 fully saturated rings. The van der Waals surface area contributed by atoms with Gasteiger partial charge >= 0.3 is 0 Å². The van der Waals surface area contributed by atoms with Crippen molar-refractivity contribution in [3.05, 3.63) is 21.9 Å². The van der Waals surface area contributed by atoms with Crippen LogP contribution >= 0.6 is 15.9 Å². The van der Waals surface area contributed by atoms with Gasteiger partial charge in [0.2, 0.25) is 0 Å². The molecule has 0 amide bonds. The Morgan fingerprint density at radius 3 is 2.94 bits per heavy atom. The van der Waals surface area contributed by atoms with Crippen molar-refractivity contribution in [3.63, 3.8) is 0 Å². The van der Waals surface area contributed by atoms with Crippen molar-refractivity contribution in [3.8, 4) is 11.5 Å². The Morgan fingerprint density at radius 2 is 2.17 bits per heavy atom. The fourth-order valence-corrected chi connectivity index (χ4v) is 3.04. The minimum atomic E-state index is -0.215. The van der Waals surface area contributed by atoms with E-state index in [9.17, 15) is 4.39 Å². The molecule has 18 heavy (non-hydrogen) atoms. The quantitative estimate of drug-likeness (QED) is 0.864. The van der Waals surface area contributed by atoms with Crippen LogP contribution in [0.3, 0.4) is 0 Å². The van der Waals surface area contributed by atoms with Crippen LogP contribution in [0.15, 0.2) is 10.5 Å². The molecule has 3 nitrogen and oxygen atoms in total. The number of piperidine rings is 1. The highest BCUT2D eigenvalue weighted by molar-refractivity contribution is 9.10. The summed E-state index contributed by atoms with van der Waals surface area (Å²) in [4.78, 5) is 0. The molecule has 0 bridgehead atoms. The van der Waals surface area contributed by atoms with Gasteiger partial charge in [-0.2, -0.15) is 0 Å². The number of fused-ring (bicyclic) bond motifs is 1. The van der Waals surface area contributed by atoms with Gasteiger partial charge in [-0.05, 0) is 35.3 Å². The number of halogens is 2. The van der Waals surface area contributed by atoms with E-state index < -0.39 is 0 Å². The van der Waals surface area contributed by atoms with Gasteiger partial charge in [0.1, 0.15) is 19.0 Å². The van der Waals surface area contributed by atoms with Gasteiger partial charge < -0.3 is 14.8 Å². The minimum Gasteiger partial charge on any atom is -0.486 e. The van der Waals surface area contributed by atoms with Crippen LogP contribution in [0.1, 0.15) is 24.3 Å². The number of hydrogen-bond acceptors (Lipinski definition) is 3. The first-order valence-electron chi connectivity index (χ1n) is 6.25. The van der Waals surface area contributed by atoms with E-state index >= 15 is 0 Å². The topological polar surface area (TPSA) is 30.5 Å². The Kier molecular flexibility index (Phi) is 3.43. The predicted octanol–water partition coefficient (Wildman–Crippen LogP) is 2.83. The zero-order valence-corrected chi connectivity index (χ0v) is 11.6. The third-order valence-electron chi connectivity index (χ3n) is 3.46. The van der Waals surface area contributed by atoms with Crippen molar-refractivity contribution in [2.24, 2.45) is 0 Å². The maximum absolute atomic E-state index is 14.4. The summed E-state index contributed by atoms with van der Waals surface area (Å²) < 4.78 is 26.0. The van der Waals surface area contributed by atoms with Crippen LogP contribution in [-0.4, -0.2) is 26.3 Å². The van der Waals surface area contributed by atoms with Gasteiger partial charge in [0.25, 0.3) is 0 Å². The Labute approximate surface area is 114 Å². The molecule has 1 aromatic carbocycles. The van der Waals surface area contributed by atoms with Crippen molar-refractivity contribution >= 4 is 15.9 Å². The summed E-state index contributed by atoms with van der Waals surface area (Å²) in [5.74, 6) is 1.19. The molecule has 0 aromatic heterocycles. The van der Waals surface area contributed by atoms with E-state index in [0.717, 1.165) is 25.9 Å². The normalized spacial score (nSPS) is 22.9. The second-order valence-electron chi connectivity index (χ2n) is 4.65. The lowest BCUT2D eigenvalue weighted by Crippen LogP contribution is -2.30. The van der Waals surface area contributed by atoms with Crippen molar-refractivity contribution in [1.29, 1.82) is 0 Å². The van der Waals surface area contributed by atoms with Gasteiger partial charge in [0.15, 0.2) is 11.5 Å².